The highest BCUT2D eigenvalue weighted by Crippen LogP contribution is 2.39. The molecule has 13 nitrogen and oxygen atoms in total. The maximum atomic E-state index is 12.9. The third kappa shape index (κ3) is 7.41. The number of methoxy groups -OCH3 is 4. The van der Waals surface area contributed by atoms with E-state index in [4.69, 9.17) is 28.4 Å². The quantitative estimate of drug-likeness (QED) is 0.112. The molecular formula is C28H29N3O10. The molecule has 0 radical (unpaired) electrons. The lowest BCUT2D eigenvalue weighted by Crippen LogP contribution is -2.25. The van der Waals surface area contributed by atoms with Gasteiger partial charge in [-0.3, -0.25) is 14.9 Å². The fourth-order valence-electron chi connectivity index (χ4n) is 3.82. The molecule has 3 aromatic carbocycles. The van der Waals surface area contributed by atoms with Gasteiger partial charge >= 0.3 is 5.97 Å². The summed E-state index contributed by atoms with van der Waals surface area (Å²) < 4.78 is 32.2. The highest BCUT2D eigenvalue weighted by Gasteiger charge is 2.20. The third-order valence-electron chi connectivity index (χ3n) is 5.70. The Morgan fingerprint density at radius 2 is 1.46 bits per heavy atom. The molecule has 216 valence electrons. The van der Waals surface area contributed by atoms with Gasteiger partial charge in [-0.2, -0.15) is 5.10 Å². The van der Waals surface area contributed by atoms with Gasteiger partial charge in [0, 0.05) is 12.1 Å². The van der Waals surface area contributed by atoms with Gasteiger partial charge in [0.2, 0.25) is 5.75 Å². The maximum absolute atomic E-state index is 12.9. The van der Waals surface area contributed by atoms with Gasteiger partial charge in [0.05, 0.1) is 45.1 Å². The van der Waals surface area contributed by atoms with E-state index in [0.29, 0.717) is 39.7 Å². The zero-order valence-corrected chi connectivity index (χ0v) is 23.3. The fourth-order valence-corrected chi connectivity index (χ4v) is 3.82. The summed E-state index contributed by atoms with van der Waals surface area (Å²) in [5, 5.41) is 14.9. The van der Waals surface area contributed by atoms with Crippen molar-refractivity contribution in [1.82, 2.24) is 5.43 Å². The molecule has 0 unspecified atom stereocenters. The first-order valence-electron chi connectivity index (χ1n) is 12.0. The van der Waals surface area contributed by atoms with Crippen LogP contribution in [-0.4, -0.2) is 58.1 Å². The minimum atomic E-state index is -0.685. The summed E-state index contributed by atoms with van der Waals surface area (Å²) in [5.41, 5.74) is 4.06. The highest BCUT2D eigenvalue weighted by atomic mass is 16.6. The molecule has 0 atom stereocenters. The van der Waals surface area contributed by atoms with Gasteiger partial charge in [0.1, 0.15) is 5.75 Å². The van der Waals surface area contributed by atoms with E-state index in [1.165, 1.54) is 65.0 Å². The number of ether oxygens (including phenoxy) is 6. The van der Waals surface area contributed by atoms with E-state index in [-0.39, 0.29) is 29.4 Å². The molecule has 0 spiro atoms. The summed E-state index contributed by atoms with van der Waals surface area (Å²) in [5.74, 6) is 0.476. The van der Waals surface area contributed by atoms with Crippen molar-refractivity contribution in [3.8, 4) is 34.5 Å². The van der Waals surface area contributed by atoms with Crippen LogP contribution in [0.15, 0.2) is 47.6 Å². The molecule has 0 saturated heterocycles. The van der Waals surface area contributed by atoms with Gasteiger partial charge in [-0.1, -0.05) is 0 Å². The van der Waals surface area contributed by atoms with Crippen LogP contribution in [0.2, 0.25) is 0 Å². The van der Waals surface area contributed by atoms with Crippen molar-refractivity contribution in [3.05, 3.63) is 74.8 Å². The molecule has 41 heavy (non-hydrogen) atoms. The molecule has 1 N–H and O–H groups in total. The van der Waals surface area contributed by atoms with Crippen LogP contribution in [0.5, 0.6) is 34.5 Å². The van der Waals surface area contributed by atoms with E-state index in [0.717, 1.165) is 0 Å². The Balaban J connectivity index is 1.64. The first-order chi connectivity index (χ1) is 19.6. The number of carbonyl (C=O) groups excluding carboxylic acids is 2. The van der Waals surface area contributed by atoms with Crippen molar-refractivity contribution in [2.75, 3.05) is 35.0 Å². The van der Waals surface area contributed by atoms with E-state index in [1.807, 2.05) is 0 Å². The first kappa shape index (κ1) is 30.2. The number of carbonyl (C=O) groups is 2. The van der Waals surface area contributed by atoms with Gasteiger partial charge < -0.3 is 28.4 Å². The maximum Gasteiger partial charge on any atom is 0.343 e. The molecule has 13 heteroatoms. The number of nitro benzene ring substituents is 1. The van der Waals surface area contributed by atoms with Crippen molar-refractivity contribution < 1.29 is 42.9 Å². The molecule has 0 fully saturated rings. The van der Waals surface area contributed by atoms with E-state index in [2.05, 4.69) is 10.5 Å². The van der Waals surface area contributed by atoms with E-state index >= 15 is 0 Å². The number of esters is 1. The van der Waals surface area contributed by atoms with E-state index in [1.54, 1.807) is 26.0 Å². The number of rotatable bonds is 12. The normalized spacial score (nSPS) is 10.6. The second kappa shape index (κ2) is 13.6. The van der Waals surface area contributed by atoms with Crippen LogP contribution in [0.3, 0.4) is 0 Å². The van der Waals surface area contributed by atoms with Gasteiger partial charge in [0.25, 0.3) is 11.6 Å². The molecular weight excluding hydrogens is 538 g/mol. The van der Waals surface area contributed by atoms with Crippen molar-refractivity contribution >= 4 is 23.8 Å². The smallest absolute Gasteiger partial charge is 0.343 e. The lowest BCUT2D eigenvalue weighted by atomic mass is 10.1. The Labute approximate surface area is 235 Å². The monoisotopic (exact) mass is 567 g/mol. The van der Waals surface area contributed by atoms with E-state index in [9.17, 15) is 19.7 Å². The first-order valence-corrected chi connectivity index (χ1v) is 12.0. The lowest BCUT2D eigenvalue weighted by Gasteiger charge is -2.14. The Bertz CT molecular complexity index is 1440. The standard InChI is InChI=1S/C28H29N3O10/c1-16-9-20(31(34)35)10-17(2)26(16)40-15-25(32)30-29-14-18-7-8-21(22(11-18)36-3)41-28(33)19-12-23(37-4)27(39-6)24(13-19)38-5/h7-14H,15H2,1-6H3,(H,30,32)/b29-14-. The number of amides is 1. The minimum Gasteiger partial charge on any atom is -0.493 e. The number of aryl methyl sites for hydroxylation is 2. The third-order valence-corrected chi connectivity index (χ3v) is 5.70. The summed E-state index contributed by atoms with van der Waals surface area (Å²) in [6.45, 7) is 2.96. The Morgan fingerprint density at radius 1 is 0.854 bits per heavy atom. The number of nitrogens with zero attached hydrogens (tertiary/aromatic N) is 2. The average molecular weight is 568 g/mol. The Hall–Kier alpha value is -5.33. The van der Waals surface area contributed by atoms with Crippen molar-refractivity contribution in [2.24, 2.45) is 5.10 Å². The largest absolute Gasteiger partial charge is 0.493 e. The van der Waals surface area contributed by atoms with Gasteiger partial charge in [-0.15, -0.1) is 0 Å². The molecule has 0 aliphatic rings. The number of hydrazone groups is 1. The number of hydrogen-bond acceptors (Lipinski definition) is 11. The molecule has 1 amide bonds. The minimum absolute atomic E-state index is 0.0567. The predicted molar refractivity (Wildman–Crippen MR) is 148 cm³/mol. The molecule has 0 heterocycles. The molecule has 0 aliphatic heterocycles. The number of benzene rings is 3. The van der Waals surface area contributed by atoms with Gasteiger partial charge in [0.15, 0.2) is 29.6 Å². The molecule has 0 saturated carbocycles. The van der Waals surface area contributed by atoms with Crippen LogP contribution in [0.4, 0.5) is 5.69 Å². The fraction of sp³-hybridized carbons (Fsp3) is 0.250. The summed E-state index contributed by atoms with van der Waals surface area (Å²) in [6, 6.07) is 10.4. The van der Waals surface area contributed by atoms with Crippen molar-refractivity contribution in [2.45, 2.75) is 13.8 Å². The molecule has 0 aromatic heterocycles. The van der Waals surface area contributed by atoms with Crippen LogP contribution in [0.25, 0.3) is 0 Å². The SMILES string of the molecule is COc1cc(/C=N\NC(=O)COc2c(C)cc([N+](=O)[O-])cc2C)ccc1OC(=O)c1cc(OC)c(OC)c(OC)c1. The number of hydrogen-bond donors (Lipinski definition) is 1. The number of nitrogens with one attached hydrogen (secondary N) is 1. The number of non-ortho nitro benzene ring substituents is 1. The van der Waals surface area contributed by atoms with Crippen molar-refractivity contribution in [3.63, 3.8) is 0 Å². The zero-order chi connectivity index (χ0) is 30.1. The van der Waals surface area contributed by atoms with Crippen molar-refractivity contribution in [1.29, 1.82) is 0 Å². The van der Waals surface area contributed by atoms with E-state index < -0.39 is 16.8 Å². The van der Waals surface area contributed by atoms with Crippen LogP contribution in [0.1, 0.15) is 27.0 Å². The van der Waals surface area contributed by atoms with Crippen LogP contribution in [0, 0.1) is 24.0 Å². The predicted octanol–water partition coefficient (Wildman–Crippen LogP) is 3.99. The summed E-state index contributed by atoms with van der Waals surface area (Å²) in [7, 11) is 5.74. The summed E-state index contributed by atoms with van der Waals surface area (Å²) in [6.07, 6.45) is 1.37. The molecule has 3 aromatic rings. The molecule has 0 aliphatic carbocycles. The second-order valence-electron chi connectivity index (χ2n) is 8.46. The second-order valence-corrected chi connectivity index (χ2v) is 8.46. The van der Waals surface area contributed by atoms with Crippen LogP contribution >= 0.6 is 0 Å². The van der Waals surface area contributed by atoms with Gasteiger partial charge in [-0.25, -0.2) is 10.2 Å². The Kier molecular flexibility index (Phi) is 10.1. The highest BCUT2D eigenvalue weighted by molar-refractivity contribution is 5.93. The average Bonchev–Trinajstić information content (AvgIpc) is 2.96. The zero-order valence-electron chi connectivity index (χ0n) is 23.3. The molecule has 3 rings (SSSR count). The summed E-state index contributed by atoms with van der Waals surface area (Å²) in [4.78, 5) is 35.6. The van der Waals surface area contributed by atoms with Crippen LogP contribution < -0.4 is 33.8 Å². The summed E-state index contributed by atoms with van der Waals surface area (Å²) >= 11 is 0. The molecule has 0 bridgehead atoms. The van der Waals surface area contributed by atoms with Crippen LogP contribution in [-0.2, 0) is 4.79 Å². The van der Waals surface area contributed by atoms with Gasteiger partial charge in [-0.05, 0) is 60.9 Å². The topological polar surface area (TPSA) is 157 Å². The number of nitro groups is 1. The Morgan fingerprint density at radius 3 is 2.00 bits per heavy atom. The lowest BCUT2D eigenvalue weighted by molar-refractivity contribution is -0.385.